The number of nitrogens with one attached hydrogen (secondary N) is 1. The molecule has 0 radical (unpaired) electrons. The second-order valence-electron chi connectivity index (χ2n) is 8.02. The monoisotopic (exact) mass is 466 g/mol. The van der Waals surface area contributed by atoms with E-state index >= 15 is 0 Å². The Balaban J connectivity index is 1.78. The van der Waals surface area contributed by atoms with Crippen molar-refractivity contribution >= 4 is 40.1 Å². The van der Waals surface area contributed by atoms with E-state index in [0.29, 0.717) is 29.1 Å². The van der Waals surface area contributed by atoms with Crippen molar-refractivity contribution in [2.24, 2.45) is 0 Å². The lowest BCUT2D eigenvalue weighted by atomic mass is 10.0. The summed E-state index contributed by atoms with van der Waals surface area (Å²) in [4.78, 5) is 27.1. The molecule has 0 bridgehead atoms. The van der Waals surface area contributed by atoms with Gasteiger partial charge in [-0.2, -0.15) is 5.26 Å². The van der Waals surface area contributed by atoms with Crippen molar-refractivity contribution in [3.8, 4) is 6.07 Å². The quantitative estimate of drug-likeness (QED) is 0.519. The van der Waals surface area contributed by atoms with Gasteiger partial charge in [0, 0.05) is 25.8 Å². The fraction of sp³-hybridized carbons (Fsp3) is 0.348. The number of hydrogen-bond donors (Lipinski definition) is 2. The molecule has 10 heteroatoms. The Hall–Kier alpha value is -3.48. The first-order valence-electron chi connectivity index (χ1n) is 10.5. The van der Waals surface area contributed by atoms with Crippen molar-refractivity contribution in [1.82, 2.24) is 15.0 Å². The summed E-state index contributed by atoms with van der Waals surface area (Å²) in [5.41, 5.74) is 3.49. The number of aryl methyl sites for hydroxylation is 1. The average molecular weight is 467 g/mol. The second-order valence-corrected chi connectivity index (χ2v) is 8.41. The highest BCUT2D eigenvalue weighted by atomic mass is 35.5. The average Bonchev–Trinajstić information content (AvgIpc) is 3.27. The Bertz CT molecular complexity index is 1280. The van der Waals surface area contributed by atoms with E-state index in [0.717, 1.165) is 24.1 Å². The van der Waals surface area contributed by atoms with Crippen LogP contribution in [0.5, 0.6) is 0 Å². The van der Waals surface area contributed by atoms with Crippen LogP contribution in [0.15, 0.2) is 24.3 Å². The van der Waals surface area contributed by atoms with Crippen LogP contribution in [0.1, 0.15) is 46.7 Å². The molecule has 3 heterocycles. The number of aromatic nitrogens is 3. The van der Waals surface area contributed by atoms with Crippen LogP contribution in [0.2, 0.25) is 5.15 Å². The number of hydrogen-bond acceptors (Lipinski definition) is 8. The molecule has 2 aromatic heterocycles. The minimum atomic E-state index is -1.18. The van der Waals surface area contributed by atoms with Crippen molar-refractivity contribution in [2.45, 2.75) is 32.4 Å². The molecular weight excluding hydrogens is 444 g/mol. The molecule has 9 nitrogen and oxygen atoms in total. The van der Waals surface area contributed by atoms with Gasteiger partial charge in [-0.1, -0.05) is 17.7 Å². The number of nitrogens with zero attached hydrogens (tertiary/aromatic N) is 5. The highest BCUT2D eigenvalue weighted by molar-refractivity contribution is 6.29. The van der Waals surface area contributed by atoms with Crippen molar-refractivity contribution in [3.05, 3.63) is 51.9 Å². The topological polar surface area (TPSA) is 124 Å². The highest BCUT2D eigenvalue weighted by Crippen LogP contribution is 2.31. The number of methoxy groups -OCH3 is 1. The molecular formula is C23H23ClN6O3. The van der Waals surface area contributed by atoms with Gasteiger partial charge in [0.2, 0.25) is 0 Å². The van der Waals surface area contributed by atoms with Gasteiger partial charge < -0.3 is 20.1 Å². The van der Waals surface area contributed by atoms with Gasteiger partial charge in [-0.05, 0) is 44.0 Å². The van der Waals surface area contributed by atoms with Gasteiger partial charge in [-0.15, -0.1) is 0 Å². The molecule has 2 atom stereocenters. The lowest BCUT2D eigenvalue weighted by molar-refractivity contribution is 0.0691. The summed E-state index contributed by atoms with van der Waals surface area (Å²) >= 11 is 5.88. The number of pyridine rings is 1. The van der Waals surface area contributed by atoms with Crippen LogP contribution < -0.4 is 10.2 Å². The van der Waals surface area contributed by atoms with Gasteiger partial charge in [0.05, 0.1) is 28.9 Å². The molecule has 33 heavy (non-hydrogen) atoms. The smallest absolute Gasteiger partial charge is 0.356 e. The Morgan fingerprint density at radius 1 is 1.36 bits per heavy atom. The van der Waals surface area contributed by atoms with Gasteiger partial charge in [-0.25, -0.2) is 19.7 Å². The highest BCUT2D eigenvalue weighted by Gasteiger charge is 2.27. The van der Waals surface area contributed by atoms with Crippen LogP contribution in [-0.2, 0) is 4.74 Å². The first-order valence-corrected chi connectivity index (χ1v) is 10.8. The number of benzene rings is 1. The lowest BCUT2D eigenvalue weighted by Crippen LogP contribution is -2.24. The summed E-state index contributed by atoms with van der Waals surface area (Å²) in [6.45, 7) is 5.21. The van der Waals surface area contributed by atoms with E-state index in [4.69, 9.17) is 21.3 Å². The van der Waals surface area contributed by atoms with Crippen LogP contribution in [0.4, 0.5) is 11.5 Å². The van der Waals surface area contributed by atoms with E-state index < -0.39 is 5.97 Å². The van der Waals surface area contributed by atoms with E-state index in [1.807, 2.05) is 30.9 Å². The first-order chi connectivity index (χ1) is 15.8. The fourth-order valence-corrected chi connectivity index (χ4v) is 4.24. The van der Waals surface area contributed by atoms with E-state index in [2.05, 4.69) is 21.4 Å². The third-order valence-electron chi connectivity index (χ3n) is 5.71. The largest absolute Gasteiger partial charge is 0.476 e. The Labute approximate surface area is 196 Å². The Morgan fingerprint density at radius 2 is 2.15 bits per heavy atom. The van der Waals surface area contributed by atoms with E-state index in [1.165, 1.54) is 6.07 Å². The minimum absolute atomic E-state index is 0.0824. The number of rotatable bonds is 6. The van der Waals surface area contributed by atoms with Gasteiger partial charge in [0.25, 0.3) is 0 Å². The molecule has 0 unspecified atom stereocenters. The van der Waals surface area contributed by atoms with Crippen LogP contribution in [0.3, 0.4) is 0 Å². The first kappa shape index (κ1) is 22.7. The Kier molecular flexibility index (Phi) is 6.31. The number of aromatic carboxylic acids is 1. The number of ether oxygens (including phenoxy) is 1. The van der Waals surface area contributed by atoms with Crippen molar-refractivity contribution in [3.63, 3.8) is 0 Å². The maximum Gasteiger partial charge on any atom is 0.356 e. The van der Waals surface area contributed by atoms with Gasteiger partial charge >= 0.3 is 5.97 Å². The molecule has 1 aliphatic rings. The van der Waals surface area contributed by atoms with Gasteiger partial charge in [0.1, 0.15) is 11.2 Å². The zero-order valence-electron chi connectivity index (χ0n) is 18.5. The molecule has 1 saturated heterocycles. The van der Waals surface area contributed by atoms with Crippen LogP contribution >= 0.6 is 11.6 Å². The number of carboxylic acids is 1. The molecule has 1 fully saturated rings. The van der Waals surface area contributed by atoms with E-state index in [9.17, 15) is 15.2 Å². The standard InChI is InChI=1S/C23H23ClN6O3/c1-12-8-15(13(2)26-16-4-5-19(24)28-21(16)23(31)32)20-17(9-12)27-18(10-25)22(29-20)30-7-6-14(11-30)33-3/h4-5,8-9,13-14,26H,6-7,11H2,1-3H3,(H,31,32)/t13-,14+/m1/s1. The molecule has 2 N–H and O–H groups in total. The SMILES string of the molecule is CO[C@H]1CCN(c2nc3c([C@@H](C)Nc4ccc(Cl)nc4C(=O)O)cc(C)cc3nc2C#N)C1. The number of fused-ring (bicyclic) bond motifs is 1. The fourth-order valence-electron chi connectivity index (χ4n) is 4.09. The molecule has 3 aromatic rings. The molecule has 170 valence electrons. The minimum Gasteiger partial charge on any atom is -0.476 e. The third-order valence-corrected chi connectivity index (χ3v) is 5.92. The molecule has 4 rings (SSSR count). The number of carbonyl (C=O) groups is 1. The van der Waals surface area contributed by atoms with Crippen molar-refractivity contribution in [1.29, 1.82) is 5.26 Å². The molecule has 0 amide bonds. The summed E-state index contributed by atoms with van der Waals surface area (Å²) in [5, 5.41) is 22.6. The number of anilines is 2. The lowest BCUT2D eigenvalue weighted by Gasteiger charge is -2.22. The van der Waals surface area contributed by atoms with Crippen LogP contribution in [-0.4, -0.2) is 52.3 Å². The summed E-state index contributed by atoms with van der Waals surface area (Å²) < 4.78 is 5.46. The van der Waals surface area contributed by atoms with Gasteiger partial charge in [0.15, 0.2) is 17.2 Å². The van der Waals surface area contributed by atoms with Crippen LogP contribution in [0.25, 0.3) is 11.0 Å². The van der Waals surface area contributed by atoms with Gasteiger partial charge in [-0.3, -0.25) is 0 Å². The molecule has 1 aliphatic heterocycles. The zero-order valence-corrected chi connectivity index (χ0v) is 19.2. The molecule has 0 aliphatic carbocycles. The predicted molar refractivity (Wildman–Crippen MR) is 125 cm³/mol. The third kappa shape index (κ3) is 4.53. The Morgan fingerprint density at radius 3 is 2.82 bits per heavy atom. The van der Waals surface area contributed by atoms with E-state index in [1.54, 1.807) is 13.2 Å². The number of nitriles is 1. The summed E-state index contributed by atoms with van der Waals surface area (Å²) in [5.74, 6) is -0.648. The number of halogens is 1. The van der Waals surface area contributed by atoms with Crippen molar-refractivity contribution < 1.29 is 14.6 Å². The van der Waals surface area contributed by atoms with Crippen molar-refractivity contribution in [2.75, 3.05) is 30.4 Å². The molecule has 1 aromatic carbocycles. The number of carboxylic acid groups (broad SMARTS) is 1. The summed E-state index contributed by atoms with van der Waals surface area (Å²) in [7, 11) is 1.68. The normalized spacial score (nSPS) is 16.6. The zero-order chi connectivity index (χ0) is 23.7. The molecule has 0 saturated carbocycles. The molecule has 0 spiro atoms. The van der Waals surface area contributed by atoms with E-state index in [-0.39, 0.29) is 28.7 Å². The second kappa shape index (κ2) is 9.17. The predicted octanol–water partition coefficient (Wildman–Crippen LogP) is 3.95. The summed E-state index contributed by atoms with van der Waals surface area (Å²) in [6.07, 6.45) is 0.931. The van der Waals surface area contributed by atoms with Crippen LogP contribution in [0, 0.1) is 18.3 Å². The maximum absolute atomic E-state index is 11.6. The summed E-state index contributed by atoms with van der Waals surface area (Å²) in [6, 6.07) is 8.84. The maximum atomic E-state index is 11.6.